The second kappa shape index (κ2) is 5.13. The predicted molar refractivity (Wildman–Crippen MR) is 64.3 cm³/mol. The first-order chi connectivity index (χ1) is 8.75. The third-order valence-corrected chi connectivity index (χ3v) is 2.89. The Labute approximate surface area is 113 Å². The molecule has 1 aliphatic rings. The van der Waals surface area contributed by atoms with Crippen LogP contribution < -0.4 is 4.90 Å². The van der Waals surface area contributed by atoms with E-state index in [4.69, 9.17) is 16.3 Å². The highest BCUT2D eigenvalue weighted by Gasteiger charge is 2.34. The monoisotopic (exact) mass is 295 g/mol. The molecule has 1 aliphatic heterocycles. The summed E-state index contributed by atoms with van der Waals surface area (Å²) in [7, 11) is 0. The number of morpholine rings is 1. The third-order valence-electron chi connectivity index (χ3n) is 2.72. The van der Waals surface area contributed by atoms with E-state index in [1.807, 2.05) is 13.8 Å². The van der Waals surface area contributed by atoms with Gasteiger partial charge >= 0.3 is 6.18 Å². The molecule has 8 heteroatoms. The third kappa shape index (κ3) is 3.48. The van der Waals surface area contributed by atoms with Gasteiger partial charge in [0.15, 0.2) is 5.69 Å². The molecule has 0 aliphatic carbocycles. The second-order valence-electron chi connectivity index (χ2n) is 4.54. The van der Waals surface area contributed by atoms with Gasteiger partial charge in [0.25, 0.3) is 0 Å². The van der Waals surface area contributed by atoms with Crippen molar-refractivity contribution in [1.82, 2.24) is 9.97 Å². The van der Waals surface area contributed by atoms with Crippen LogP contribution in [0.15, 0.2) is 6.07 Å². The summed E-state index contributed by atoms with van der Waals surface area (Å²) in [5.41, 5.74) is -1.03. The lowest BCUT2D eigenvalue weighted by molar-refractivity contribution is -0.141. The molecule has 1 fully saturated rings. The summed E-state index contributed by atoms with van der Waals surface area (Å²) >= 11 is 5.57. The molecular weight excluding hydrogens is 283 g/mol. The van der Waals surface area contributed by atoms with Crippen molar-refractivity contribution in [2.45, 2.75) is 32.2 Å². The van der Waals surface area contributed by atoms with Gasteiger partial charge in [-0.2, -0.15) is 13.2 Å². The standard InChI is InChI=1S/C11H13ClF3N3O/c1-6-4-18(5-7(2)19-6)9-3-8(11(13,14)15)16-10(12)17-9/h3,6-7H,4-5H2,1-2H3. The van der Waals surface area contributed by atoms with Crippen molar-refractivity contribution in [3.8, 4) is 0 Å². The molecule has 0 saturated carbocycles. The maximum atomic E-state index is 12.7. The topological polar surface area (TPSA) is 38.2 Å². The number of halogens is 4. The van der Waals surface area contributed by atoms with Crippen molar-refractivity contribution >= 4 is 17.4 Å². The summed E-state index contributed by atoms with van der Waals surface area (Å²) < 4.78 is 43.6. The SMILES string of the molecule is CC1CN(c2cc(C(F)(F)F)nc(Cl)n2)CC(C)O1. The van der Waals surface area contributed by atoms with Crippen LogP contribution in [0.2, 0.25) is 5.28 Å². The Morgan fingerprint density at radius 1 is 1.26 bits per heavy atom. The highest BCUT2D eigenvalue weighted by atomic mass is 35.5. The molecule has 0 radical (unpaired) electrons. The molecule has 0 N–H and O–H groups in total. The molecule has 0 spiro atoms. The van der Waals surface area contributed by atoms with Gasteiger partial charge in [0, 0.05) is 19.2 Å². The van der Waals surface area contributed by atoms with Crippen LogP contribution in [0, 0.1) is 0 Å². The quantitative estimate of drug-likeness (QED) is 0.747. The van der Waals surface area contributed by atoms with Crippen molar-refractivity contribution in [1.29, 1.82) is 0 Å². The van der Waals surface area contributed by atoms with Gasteiger partial charge in [-0.05, 0) is 25.4 Å². The molecule has 19 heavy (non-hydrogen) atoms. The average Bonchev–Trinajstić information content (AvgIpc) is 2.25. The number of aromatic nitrogens is 2. The van der Waals surface area contributed by atoms with Gasteiger partial charge in [0.05, 0.1) is 12.2 Å². The molecule has 0 bridgehead atoms. The second-order valence-corrected chi connectivity index (χ2v) is 4.88. The van der Waals surface area contributed by atoms with Gasteiger partial charge in [-0.3, -0.25) is 0 Å². The van der Waals surface area contributed by atoms with Crippen LogP contribution in [0.1, 0.15) is 19.5 Å². The Hall–Kier alpha value is -1.08. The van der Waals surface area contributed by atoms with E-state index in [1.165, 1.54) is 0 Å². The average molecular weight is 296 g/mol. The molecule has 2 heterocycles. The molecule has 1 aromatic rings. The van der Waals surface area contributed by atoms with Crippen molar-refractivity contribution in [3.05, 3.63) is 17.0 Å². The van der Waals surface area contributed by atoms with E-state index in [0.717, 1.165) is 6.07 Å². The predicted octanol–water partition coefficient (Wildman–Crippen LogP) is 2.76. The Morgan fingerprint density at radius 3 is 2.37 bits per heavy atom. The Morgan fingerprint density at radius 2 is 1.84 bits per heavy atom. The van der Waals surface area contributed by atoms with E-state index in [0.29, 0.717) is 13.1 Å². The molecule has 2 atom stereocenters. The van der Waals surface area contributed by atoms with Crippen molar-refractivity contribution in [2.24, 2.45) is 0 Å². The maximum Gasteiger partial charge on any atom is 0.433 e. The number of alkyl halides is 3. The minimum absolute atomic E-state index is 0.0770. The van der Waals surface area contributed by atoms with Crippen LogP contribution in [0.25, 0.3) is 0 Å². The van der Waals surface area contributed by atoms with Crippen LogP contribution in [0.4, 0.5) is 19.0 Å². The Kier molecular flexibility index (Phi) is 3.87. The number of rotatable bonds is 1. The normalized spacial score (nSPS) is 24.6. The highest BCUT2D eigenvalue weighted by Crippen LogP contribution is 2.31. The van der Waals surface area contributed by atoms with Crippen LogP contribution in [-0.4, -0.2) is 35.3 Å². The smallest absolute Gasteiger partial charge is 0.372 e. The first-order valence-electron chi connectivity index (χ1n) is 5.78. The minimum Gasteiger partial charge on any atom is -0.372 e. The van der Waals surface area contributed by atoms with E-state index in [2.05, 4.69) is 9.97 Å². The van der Waals surface area contributed by atoms with Gasteiger partial charge in [0.1, 0.15) is 5.82 Å². The largest absolute Gasteiger partial charge is 0.433 e. The van der Waals surface area contributed by atoms with Crippen molar-refractivity contribution < 1.29 is 17.9 Å². The number of hydrogen-bond donors (Lipinski definition) is 0. The molecular formula is C11H13ClF3N3O. The summed E-state index contributed by atoms with van der Waals surface area (Å²) in [6.07, 6.45) is -4.69. The first kappa shape index (κ1) is 14.3. The van der Waals surface area contributed by atoms with E-state index in [9.17, 15) is 13.2 Å². The van der Waals surface area contributed by atoms with E-state index in [1.54, 1.807) is 4.90 Å². The Balaban J connectivity index is 2.31. The number of hydrogen-bond acceptors (Lipinski definition) is 4. The van der Waals surface area contributed by atoms with Crippen LogP contribution in [0.5, 0.6) is 0 Å². The summed E-state index contributed by atoms with van der Waals surface area (Å²) in [6, 6.07) is 0.913. The number of ether oxygens (including phenoxy) is 1. The Bertz CT molecular complexity index is 459. The summed E-state index contributed by atoms with van der Waals surface area (Å²) in [5, 5.41) is -0.406. The van der Waals surface area contributed by atoms with E-state index < -0.39 is 17.2 Å². The zero-order valence-corrected chi connectivity index (χ0v) is 11.2. The van der Waals surface area contributed by atoms with Crippen LogP contribution in [-0.2, 0) is 10.9 Å². The maximum absolute atomic E-state index is 12.7. The van der Waals surface area contributed by atoms with E-state index >= 15 is 0 Å². The fourth-order valence-corrected chi connectivity index (χ4v) is 2.26. The molecule has 0 amide bonds. The van der Waals surface area contributed by atoms with Gasteiger partial charge in [-0.1, -0.05) is 0 Å². The summed E-state index contributed by atoms with van der Waals surface area (Å²) in [4.78, 5) is 8.80. The first-order valence-corrected chi connectivity index (χ1v) is 6.15. The zero-order valence-electron chi connectivity index (χ0n) is 10.4. The fraction of sp³-hybridized carbons (Fsp3) is 0.636. The lowest BCUT2D eigenvalue weighted by Crippen LogP contribution is -2.46. The lowest BCUT2D eigenvalue weighted by atomic mass is 10.2. The van der Waals surface area contributed by atoms with Gasteiger partial charge in [-0.15, -0.1) is 0 Å². The molecule has 4 nitrogen and oxygen atoms in total. The molecule has 1 saturated heterocycles. The number of nitrogens with zero attached hydrogens (tertiary/aromatic N) is 3. The van der Waals surface area contributed by atoms with Gasteiger partial charge < -0.3 is 9.64 Å². The van der Waals surface area contributed by atoms with Gasteiger partial charge in [-0.25, -0.2) is 9.97 Å². The minimum atomic E-state index is -4.54. The molecule has 1 aromatic heterocycles. The molecule has 106 valence electrons. The zero-order chi connectivity index (χ0) is 14.2. The number of anilines is 1. The van der Waals surface area contributed by atoms with Crippen molar-refractivity contribution in [2.75, 3.05) is 18.0 Å². The molecule has 2 unspecified atom stereocenters. The molecule has 2 rings (SSSR count). The van der Waals surface area contributed by atoms with E-state index in [-0.39, 0.29) is 18.0 Å². The highest BCUT2D eigenvalue weighted by molar-refractivity contribution is 6.28. The van der Waals surface area contributed by atoms with Crippen LogP contribution >= 0.6 is 11.6 Å². The molecule has 0 aromatic carbocycles. The van der Waals surface area contributed by atoms with Crippen LogP contribution in [0.3, 0.4) is 0 Å². The fourth-order valence-electron chi connectivity index (χ4n) is 2.08. The van der Waals surface area contributed by atoms with Crippen molar-refractivity contribution in [3.63, 3.8) is 0 Å². The summed E-state index contributed by atoms with van der Waals surface area (Å²) in [6.45, 7) is 4.65. The lowest BCUT2D eigenvalue weighted by Gasteiger charge is -2.36. The van der Waals surface area contributed by atoms with Gasteiger partial charge in [0.2, 0.25) is 5.28 Å². The summed E-state index contributed by atoms with van der Waals surface area (Å²) in [5.74, 6) is 0.175.